The zero-order valence-corrected chi connectivity index (χ0v) is 17.0. The number of rotatable bonds is 7. The Morgan fingerprint density at radius 1 is 1.07 bits per heavy atom. The van der Waals surface area contributed by atoms with Crippen molar-refractivity contribution in [3.05, 3.63) is 78.0 Å². The van der Waals surface area contributed by atoms with Crippen LogP contribution in [0, 0.1) is 5.92 Å². The molecule has 2 atom stereocenters. The Kier molecular flexibility index (Phi) is 7.79. The van der Waals surface area contributed by atoms with Crippen LogP contribution < -0.4 is 11.1 Å². The third kappa shape index (κ3) is 5.44. The van der Waals surface area contributed by atoms with Crippen molar-refractivity contribution < 1.29 is 4.79 Å². The Morgan fingerprint density at radius 3 is 2.29 bits per heavy atom. The Bertz CT molecular complexity index is 878. The zero-order chi connectivity index (χ0) is 19.2. The number of carbonyl (C=O) groups excluding carboxylic acids is 1. The van der Waals surface area contributed by atoms with E-state index in [1.54, 1.807) is 0 Å². The van der Waals surface area contributed by atoms with Crippen LogP contribution in [0.2, 0.25) is 0 Å². The molecule has 0 spiro atoms. The summed E-state index contributed by atoms with van der Waals surface area (Å²) in [5.41, 5.74) is 9.93. The van der Waals surface area contributed by atoms with Gasteiger partial charge in [0.1, 0.15) is 0 Å². The zero-order valence-electron chi connectivity index (χ0n) is 16.2. The first-order chi connectivity index (χ1) is 13.0. The van der Waals surface area contributed by atoms with E-state index in [9.17, 15) is 4.79 Å². The molecule has 2 aromatic carbocycles. The van der Waals surface area contributed by atoms with E-state index < -0.39 is 0 Å². The van der Waals surface area contributed by atoms with Crippen LogP contribution in [0.15, 0.2) is 66.9 Å². The van der Waals surface area contributed by atoms with Gasteiger partial charge in [0.25, 0.3) is 0 Å². The van der Waals surface area contributed by atoms with E-state index in [4.69, 9.17) is 10.8 Å². The topological polar surface area (TPSA) is 72.9 Å². The lowest BCUT2D eigenvalue weighted by Gasteiger charge is -2.15. The fourth-order valence-corrected chi connectivity index (χ4v) is 2.86. The summed E-state index contributed by atoms with van der Waals surface area (Å²) < 4.78 is 1.92. The van der Waals surface area contributed by atoms with Crippen molar-refractivity contribution in [3.63, 3.8) is 0 Å². The molecule has 0 saturated heterocycles. The predicted octanol–water partition coefficient (Wildman–Crippen LogP) is 3.62. The molecule has 148 valence electrons. The van der Waals surface area contributed by atoms with Crippen LogP contribution in [0.1, 0.15) is 25.0 Å². The molecule has 2 unspecified atom stereocenters. The predicted molar refractivity (Wildman–Crippen MR) is 115 cm³/mol. The summed E-state index contributed by atoms with van der Waals surface area (Å²) >= 11 is 0. The van der Waals surface area contributed by atoms with Gasteiger partial charge in [-0.3, -0.25) is 9.48 Å². The second kappa shape index (κ2) is 10.1. The van der Waals surface area contributed by atoms with Gasteiger partial charge >= 0.3 is 0 Å². The van der Waals surface area contributed by atoms with Gasteiger partial charge in [0.15, 0.2) is 0 Å². The van der Waals surface area contributed by atoms with Crippen LogP contribution in [-0.2, 0) is 17.9 Å². The highest BCUT2D eigenvalue weighted by Crippen LogP contribution is 2.22. The van der Waals surface area contributed by atoms with E-state index in [-0.39, 0.29) is 30.3 Å². The lowest BCUT2D eigenvalue weighted by Crippen LogP contribution is -2.38. The number of hydrogen-bond acceptors (Lipinski definition) is 3. The van der Waals surface area contributed by atoms with Crippen molar-refractivity contribution >= 4 is 18.3 Å². The largest absolute Gasteiger partial charge is 0.352 e. The second-order valence-corrected chi connectivity index (χ2v) is 6.92. The molecule has 0 radical (unpaired) electrons. The molecule has 5 nitrogen and oxygen atoms in total. The quantitative estimate of drug-likeness (QED) is 0.638. The van der Waals surface area contributed by atoms with Gasteiger partial charge in [0, 0.05) is 35.8 Å². The number of aromatic nitrogens is 2. The molecule has 1 heterocycles. The summed E-state index contributed by atoms with van der Waals surface area (Å²) in [5.74, 6) is -0.274. The van der Waals surface area contributed by atoms with Crippen molar-refractivity contribution in [2.24, 2.45) is 11.7 Å². The van der Waals surface area contributed by atoms with Crippen LogP contribution in [0.25, 0.3) is 11.3 Å². The Morgan fingerprint density at radius 2 is 1.68 bits per heavy atom. The number of benzene rings is 2. The van der Waals surface area contributed by atoms with Gasteiger partial charge in [-0.1, -0.05) is 67.6 Å². The van der Waals surface area contributed by atoms with E-state index in [0.717, 1.165) is 16.8 Å². The van der Waals surface area contributed by atoms with Gasteiger partial charge in [-0.05, 0) is 12.5 Å². The fourth-order valence-electron chi connectivity index (χ4n) is 2.86. The first-order valence-corrected chi connectivity index (χ1v) is 9.23. The molecule has 0 saturated carbocycles. The first-order valence-electron chi connectivity index (χ1n) is 9.23. The number of nitrogens with two attached hydrogens (primary N) is 1. The summed E-state index contributed by atoms with van der Waals surface area (Å²) in [6.45, 7) is 4.80. The van der Waals surface area contributed by atoms with Crippen LogP contribution in [0.5, 0.6) is 0 Å². The molecule has 3 N–H and O–H groups in total. The van der Waals surface area contributed by atoms with Gasteiger partial charge in [-0.25, -0.2) is 0 Å². The molecule has 0 bridgehead atoms. The van der Waals surface area contributed by atoms with Crippen molar-refractivity contribution in [3.8, 4) is 11.3 Å². The minimum Gasteiger partial charge on any atom is -0.352 e. The highest BCUT2D eigenvalue weighted by atomic mass is 35.5. The maximum Gasteiger partial charge on any atom is 0.224 e. The monoisotopic (exact) mass is 398 g/mol. The van der Waals surface area contributed by atoms with E-state index in [0.29, 0.717) is 13.1 Å². The number of nitrogens with zero attached hydrogens (tertiary/aromatic N) is 2. The Labute approximate surface area is 172 Å². The molecule has 3 aromatic rings. The van der Waals surface area contributed by atoms with E-state index in [1.165, 1.54) is 5.56 Å². The van der Waals surface area contributed by atoms with E-state index in [1.807, 2.05) is 73.3 Å². The summed E-state index contributed by atoms with van der Waals surface area (Å²) in [6.07, 6.45) is 2.01. The SMILES string of the molecule is CC(N)C(C)C(=O)NCc1cn(Cc2ccccc2)nc1-c1ccccc1.Cl. The van der Waals surface area contributed by atoms with Crippen molar-refractivity contribution in [1.82, 2.24) is 15.1 Å². The number of nitrogens with one attached hydrogen (secondary N) is 1. The molecule has 0 fully saturated rings. The minimum absolute atomic E-state index is 0. The molecule has 1 amide bonds. The maximum absolute atomic E-state index is 12.3. The standard InChI is InChI=1S/C22H26N4O.ClH/c1-16(17(2)23)22(27)24-13-20-15-26(14-18-9-5-3-6-10-18)25-21(20)19-11-7-4-8-12-19;/h3-12,15-17H,13-14,23H2,1-2H3,(H,24,27);1H. The number of carbonyl (C=O) groups is 1. The third-order valence-corrected chi connectivity index (χ3v) is 4.73. The van der Waals surface area contributed by atoms with Gasteiger partial charge in [-0.15, -0.1) is 12.4 Å². The average Bonchev–Trinajstić information content (AvgIpc) is 3.09. The maximum atomic E-state index is 12.3. The second-order valence-electron chi connectivity index (χ2n) is 6.92. The van der Waals surface area contributed by atoms with Crippen LogP contribution in [-0.4, -0.2) is 21.7 Å². The first kappa shape index (κ1) is 21.7. The Hall–Kier alpha value is -2.63. The third-order valence-electron chi connectivity index (χ3n) is 4.73. The van der Waals surface area contributed by atoms with Gasteiger partial charge in [0.05, 0.1) is 12.2 Å². The Balaban J connectivity index is 0.00000280. The van der Waals surface area contributed by atoms with Crippen LogP contribution in [0.4, 0.5) is 0 Å². The molecule has 6 heteroatoms. The van der Waals surface area contributed by atoms with Crippen LogP contribution >= 0.6 is 12.4 Å². The minimum atomic E-state index is -0.232. The molecule has 0 aliphatic carbocycles. The molecular formula is C22H27ClN4O. The van der Waals surface area contributed by atoms with Crippen molar-refractivity contribution in [2.45, 2.75) is 33.0 Å². The smallest absolute Gasteiger partial charge is 0.224 e. The van der Waals surface area contributed by atoms with E-state index >= 15 is 0 Å². The number of hydrogen-bond donors (Lipinski definition) is 2. The number of amides is 1. The van der Waals surface area contributed by atoms with Gasteiger partial charge in [-0.2, -0.15) is 5.10 Å². The van der Waals surface area contributed by atoms with Crippen molar-refractivity contribution in [1.29, 1.82) is 0 Å². The lowest BCUT2D eigenvalue weighted by molar-refractivity contribution is -0.125. The molecule has 1 aromatic heterocycles. The molecule has 0 aliphatic heterocycles. The molecular weight excluding hydrogens is 372 g/mol. The summed E-state index contributed by atoms with van der Waals surface area (Å²) in [5, 5.41) is 7.77. The molecule has 3 rings (SSSR count). The van der Waals surface area contributed by atoms with E-state index in [2.05, 4.69) is 17.4 Å². The summed E-state index contributed by atoms with van der Waals surface area (Å²) in [4.78, 5) is 12.3. The normalized spacial score (nSPS) is 12.7. The average molecular weight is 399 g/mol. The number of halogens is 1. The highest BCUT2D eigenvalue weighted by molar-refractivity contribution is 5.85. The molecule has 28 heavy (non-hydrogen) atoms. The highest BCUT2D eigenvalue weighted by Gasteiger charge is 2.18. The summed E-state index contributed by atoms with van der Waals surface area (Å²) in [6, 6.07) is 20.1. The fraction of sp³-hybridized carbons (Fsp3) is 0.273. The molecule has 0 aliphatic rings. The van der Waals surface area contributed by atoms with Crippen molar-refractivity contribution in [2.75, 3.05) is 0 Å². The van der Waals surface area contributed by atoms with Gasteiger partial charge < -0.3 is 11.1 Å². The lowest BCUT2D eigenvalue weighted by atomic mass is 10.0. The van der Waals surface area contributed by atoms with Gasteiger partial charge in [0.2, 0.25) is 5.91 Å². The van der Waals surface area contributed by atoms with Crippen LogP contribution in [0.3, 0.4) is 0 Å². The summed E-state index contributed by atoms with van der Waals surface area (Å²) in [7, 11) is 0.